The second-order valence-corrected chi connectivity index (χ2v) is 5.53. The monoisotopic (exact) mass is 232 g/mol. The number of aryl methyl sites for hydroxylation is 2. The maximum atomic E-state index is 9.82. The third-order valence-corrected chi connectivity index (χ3v) is 4.07. The van der Waals surface area contributed by atoms with Crippen molar-refractivity contribution in [2.75, 3.05) is 4.90 Å². The van der Waals surface area contributed by atoms with Crippen LogP contribution in [0.3, 0.4) is 0 Å². The van der Waals surface area contributed by atoms with Gasteiger partial charge in [-0.1, -0.05) is 0 Å². The van der Waals surface area contributed by atoms with Gasteiger partial charge in [0, 0.05) is 29.2 Å². The minimum Gasteiger partial charge on any atom is -0.393 e. The molecule has 1 aromatic heterocycles. The highest BCUT2D eigenvalue weighted by Crippen LogP contribution is 2.39. The largest absolute Gasteiger partial charge is 0.393 e. The van der Waals surface area contributed by atoms with E-state index in [-0.39, 0.29) is 6.10 Å². The molecule has 2 saturated heterocycles. The number of aromatic nitrogens is 1. The Kier molecular flexibility index (Phi) is 2.58. The molecule has 1 N–H and O–H groups in total. The summed E-state index contributed by atoms with van der Waals surface area (Å²) in [6.45, 7) is 4.11. The van der Waals surface area contributed by atoms with E-state index in [1.165, 1.54) is 18.5 Å². The van der Waals surface area contributed by atoms with E-state index in [2.05, 4.69) is 35.9 Å². The van der Waals surface area contributed by atoms with E-state index < -0.39 is 0 Å². The molecule has 0 amide bonds. The first-order chi connectivity index (χ1) is 8.13. The molecule has 92 valence electrons. The summed E-state index contributed by atoms with van der Waals surface area (Å²) in [6, 6.07) is 5.42. The highest BCUT2D eigenvalue weighted by molar-refractivity contribution is 5.52. The molecule has 0 aromatic carbocycles. The van der Waals surface area contributed by atoms with Crippen LogP contribution in [0.15, 0.2) is 12.1 Å². The molecule has 1 aromatic rings. The van der Waals surface area contributed by atoms with Crippen LogP contribution in [0.25, 0.3) is 0 Å². The number of aliphatic hydroxyl groups excluding tert-OH is 1. The summed E-state index contributed by atoms with van der Waals surface area (Å²) < 4.78 is 0. The second-order valence-electron chi connectivity index (χ2n) is 5.53. The van der Waals surface area contributed by atoms with Gasteiger partial charge in [0.15, 0.2) is 0 Å². The number of rotatable bonds is 1. The molecule has 0 spiro atoms. The third-order valence-electron chi connectivity index (χ3n) is 4.07. The number of fused-ring (bicyclic) bond motifs is 2. The first-order valence-electron chi connectivity index (χ1n) is 6.55. The first-order valence-corrected chi connectivity index (χ1v) is 6.55. The highest BCUT2D eigenvalue weighted by Gasteiger charge is 2.40. The number of aliphatic hydroxyl groups is 1. The first kappa shape index (κ1) is 11.0. The lowest BCUT2D eigenvalue weighted by Gasteiger charge is -2.39. The summed E-state index contributed by atoms with van der Waals surface area (Å²) in [6.07, 6.45) is 4.21. The molecule has 3 nitrogen and oxygen atoms in total. The van der Waals surface area contributed by atoms with Crippen molar-refractivity contribution in [3.8, 4) is 0 Å². The molecule has 3 rings (SSSR count). The SMILES string of the molecule is Cc1cc(N2C3CCC2CC(O)C3)cc(C)n1. The van der Waals surface area contributed by atoms with Crippen LogP contribution in [0.4, 0.5) is 5.69 Å². The summed E-state index contributed by atoms with van der Waals surface area (Å²) in [7, 11) is 0. The van der Waals surface area contributed by atoms with E-state index in [0.29, 0.717) is 12.1 Å². The van der Waals surface area contributed by atoms with Gasteiger partial charge in [-0.3, -0.25) is 4.98 Å². The van der Waals surface area contributed by atoms with E-state index in [0.717, 1.165) is 24.2 Å². The van der Waals surface area contributed by atoms with Crippen LogP contribution >= 0.6 is 0 Å². The number of hydrogen-bond donors (Lipinski definition) is 1. The zero-order valence-electron chi connectivity index (χ0n) is 10.6. The topological polar surface area (TPSA) is 36.4 Å². The van der Waals surface area contributed by atoms with Crippen LogP contribution in [-0.2, 0) is 0 Å². The Labute approximate surface area is 102 Å². The number of hydrogen-bond acceptors (Lipinski definition) is 3. The average molecular weight is 232 g/mol. The molecule has 2 unspecified atom stereocenters. The average Bonchev–Trinajstić information content (AvgIpc) is 2.50. The van der Waals surface area contributed by atoms with Gasteiger partial charge >= 0.3 is 0 Å². The molecule has 2 aliphatic rings. The smallest absolute Gasteiger partial charge is 0.0579 e. The van der Waals surface area contributed by atoms with Gasteiger partial charge in [-0.15, -0.1) is 0 Å². The Morgan fingerprint density at radius 2 is 1.65 bits per heavy atom. The summed E-state index contributed by atoms with van der Waals surface area (Å²) in [5.41, 5.74) is 3.48. The normalized spacial score (nSPS) is 31.9. The van der Waals surface area contributed by atoms with Crippen LogP contribution in [0, 0.1) is 13.8 Å². The standard InChI is InChI=1S/C14H20N2O/c1-9-5-13(6-10(2)15-9)16-11-3-4-12(16)8-14(17)7-11/h5-6,11-12,14,17H,3-4,7-8H2,1-2H3. The molecular formula is C14H20N2O. The fourth-order valence-electron chi connectivity index (χ4n) is 3.53. The van der Waals surface area contributed by atoms with Gasteiger partial charge in [0.2, 0.25) is 0 Å². The van der Waals surface area contributed by atoms with Crippen molar-refractivity contribution in [3.05, 3.63) is 23.5 Å². The molecule has 0 aliphatic carbocycles. The molecule has 2 bridgehead atoms. The van der Waals surface area contributed by atoms with E-state index in [4.69, 9.17) is 0 Å². The van der Waals surface area contributed by atoms with Crippen LogP contribution in [0.2, 0.25) is 0 Å². The van der Waals surface area contributed by atoms with Crippen LogP contribution < -0.4 is 4.90 Å². The fraction of sp³-hybridized carbons (Fsp3) is 0.643. The van der Waals surface area contributed by atoms with Crippen LogP contribution in [0.5, 0.6) is 0 Å². The lowest BCUT2D eigenvalue weighted by atomic mass is 9.99. The zero-order valence-corrected chi connectivity index (χ0v) is 10.6. The fourth-order valence-corrected chi connectivity index (χ4v) is 3.53. The van der Waals surface area contributed by atoms with Crippen molar-refractivity contribution in [3.63, 3.8) is 0 Å². The van der Waals surface area contributed by atoms with E-state index in [1.54, 1.807) is 0 Å². The lowest BCUT2D eigenvalue weighted by Crippen LogP contribution is -2.44. The minimum atomic E-state index is -0.0900. The Balaban J connectivity index is 1.94. The number of anilines is 1. The molecule has 3 heterocycles. The quantitative estimate of drug-likeness (QED) is 0.806. The number of piperidine rings is 1. The van der Waals surface area contributed by atoms with E-state index in [1.807, 2.05) is 0 Å². The predicted octanol–water partition coefficient (Wildman–Crippen LogP) is 2.19. The molecule has 2 fully saturated rings. The molecule has 2 atom stereocenters. The maximum absolute atomic E-state index is 9.82. The molecule has 0 saturated carbocycles. The lowest BCUT2D eigenvalue weighted by molar-refractivity contribution is 0.126. The maximum Gasteiger partial charge on any atom is 0.0579 e. The Hall–Kier alpha value is -1.09. The van der Waals surface area contributed by atoms with Crippen molar-refractivity contribution in [1.29, 1.82) is 0 Å². The van der Waals surface area contributed by atoms with E-state index in [9.17, 15) is 5.11 Å². The van der Waals surface area contributed by atoms with E-state index >= 15 is 0 Å². The molecule has 0 radical (unpaired) electrons. The van der Waals surface area contributed by atoms with Gasteiger partial charge in [0.05, 0.1) is 6.10 Å². The Morgan fingerprint density at radius 3 is 2.18 bits per heavy atom. The number of pyridine rings is 1. The summed E-state index contributed by atoms with van der Waals surface area (Å²) in [5.74, 6) is 0. The van der Waals surface area contributed by atoms with Crippen LogP contribution in [-0.4, -0.2) is 28.3 Å². The van der Waals surface area contributed by atoms with Gasteiger partial charge in [-0.05, 0) is 51.7 Å². The van der Waals surface area contributed by atoms with Crippen molar-refractivity contribution in [2.45, 2.75) is 57.7 Å². The third kappa shape index (κ3) is 1.93. The minimum absolute atomic E-state index is 0.0900. The molecule has 17 heavy (non-hydrogen) atoms. The van der Waals surface area contributed by atoms with Crippen LogP contribution in [0.1, 0.15) is 37.1 Å². The van der Waals surface area contributed by atoms with Gasteiger partial charge in [0.25, 0.3) is 0 Å². The number of nitrogens with zero attached hydrogens (tertiary/aromatic N) is 2. The predicted molar refractivity (Wildman–Crippen MR) is 68.2 cm³/mol. The summed E-state index contributed by atoms with van der Waals surface area (Å²) in [5, 5.41) is 9.82. The van der Waals surface area contributed by atoms with Gasteiger partial charge in [-0.25, -0.2) is 0 Å². The Morgan fingerprint density at radius 1 is 1.12 bits per heavy atom. The second kappa shape index (κ2) is 3.98. The molecular weight excluding hydrogens is 212 g/mol. The summed E-state index contributed by atoms with van der Waals surface area (Å²) >= 11 is 0. The summed E-state index contributed by atoms with van der Waals surface area (Å²) in [4.78, 5) is 6.96. The Bertz CT molecular complexity index is 398. The van der Waals surface area contributed by atoms with Gasteiger partial charge in [0.1, 0.15) is 0 Å². The van der Waals surface area contributed by atoms with Crippen molar-refractivity contribution in [2.24, 2.45) is 0 Å². The van der Waals surface area contributed by atoms with Crippen molar-refractivity contribution in [1.82, 2.24) is 4.98 Å². The van der Waals surface area contributed by atoms with Gasteiger partial charge < -0.3 is 10.0 Å². The van der Waals surface area contributed by atoms with Crippen molar-refractivity contribution < 1.29 is 5.11 Å². The molecule has 3 heteroatoms. The van der Waals surface area contributed by atoms with Crippen molar-refractivity contribution >= 4 is 5.69 Å². The molecule has 2 aliphatic heterocycles. The zero-order chi connectivity index (χ0) is 12.0. The highest BCUT2D eigenvalue weighted by atomic mass is 16.3. The van der Waals surface area contributed by atoms with Gasteiger partial charge in [-0.2, -0.15) is 0 Å².